The number of hydrogen-bond donors (Lipinski definition) is 1. The Hall–Kier alpha value is -1.00. The Morgan fingerprint density at radius 3 is 2.86 bits per heavy atom. The van der Waals surface area contributed by atoms with E-state index in [0.29, 0.717) is 12.5 Å². The number of thioether (sulfide) groups is 1. The van der Waals surface area contributed by atoms with Crippen molar-refractivity contribution >= 4 is 17.7 Å². The molecular formula is C17H25NO2S. The fourth-order valence-electron chi connectivity index (χ4n) is 3.26. The first-order valence-electron chi connectivity index (χ1n) is 7.77. The van der Waals surface area contributed by atoms with Crippen LogP contribution in [0, 0.1) is 5.92 Å². The Bertz CT molecular complexity index is 451. The van der Waals surface area contributed by atoms with Crippen LogP contribution in [0.25, 0.3) is 0 Å². The van der Waals surface area contributed by atoms with Gasteiger partial charge in [0.1, 0.15) is 5.54 Å². The maximum absolute atomic E-state index is 12.4. The largest absolute Gasteiger partial charge is 0.465 e. The molecule has 1 fully saturated rings. The van der Waals surface area contributed by atoms with Crippen molar-refractivity contribution in [2.75, 3.05) is 19.4 Å². The number of carbonyl (C=O) groups is 1. The maximum atomic E-state index is 12.4. The molecule has 0 amide bonds. The van der Waals surface area contributed by atoms with Crippen LogP contribution in [-0.2, 0) is 9.53 Å². The van der Waals surface area contributed by atoms with Crippen LogP contribution in [0.4, 0.5) is 0 Å². The van der Waals surface area contributed by atoms with Gasteiger partial charge in [-0.25, -0.2) is 0 Å². The summed E-state index contributed by atoms with van der Waals surface area (Å²) in [7, 11) is 1.89. The molecule has 1 aromatic rings. The zero-order valence-corrected chi connectivity index (χ0v) is 13.7. The van der Waals surface area contributed by atoms with Crippen molar-refractivity contribution in [3.05, 3.63) is 30.3 Å². The minimum atomic E-state index is -0.465. The first-order valence-corrected chi connectivity index (χ1v) is 8.75. The van der Waals surface area contributed by atoms with Gasteiger partial charge in [-0.15, -0.1) is 11.8 Å². The van der Waals surface area contributed by atoms with Crippen LogP contribution < -0.4 is 5.32 Å². The Labute approximate surface area is 131 Å². The predicted octanol–water partition coefficient (Wildman–Crippen LogP) is 3.49. The number of likely N-dealkylation sites (N-methyl/N-ethyl adjacent to an activating group) is 1. The molecule has 1 N–H and O–H groups in total. The molecule has 2 atom stereocenters. The van der Waals surface area contributed by atoms with E-state index in [1.54, 1.807) is 0 Å². The minimum Gasteiger partial charge on any atom is -0.465 e. The lowest BCUT2D eigenvalue weighted by Gasteiger charge is -2.32. The number of rotatable bonds is 7. The van der Waals surface area contributed by atoms with E-state index in [1.807, 2.05) is 31.8 Å². The van der Waals surface area contributed by atoms with Gasteiger partial charge in [-0.1, -0.05) is 24.6 Å². The Balaban J connectivity index is 1.93. The van der Waals surface area contributed by atoms with Gasteiger partial charge in [-0.2, -0.15) is 0 Å². The quantitative estimate of drug-likeness (QED) is 0.618. The summed E-state index contributed by atoms with van der Waals surface area (Å²) in [5.74, 6) is 1.34. The lowest BCUT2D eigenvalue weighted by Crippen LogP contribution is -2.54. The molecule has 116 valence electrons. The van der Waals surface area contributed by atoms with Gasteiger partial charge in [-0.3, -0.25) is 4.79 Å². The average molecular weight is 307 g/mol. The molecular weight excluding hydrogens is 282 g/mol. The summed E-state index contributed by atoms with van der Waals surface area (Å²) < 4.78 is 5.31. The molecule has 1 aliphatic rings. The summed E-state index contributed by atoms with van der Waals surface area (Å²) in [6.07, 6.45) is 4.14. The smallest absolute Gasteiger partial charge is 0.326 e. The van der Waals surface area contributed by atoms with Crippen molar-refractivity contribution in [1.82, 2.24) is 5.32 Å². The highest BCUT2D eigenvalue weighted by Crippen LogP contribution is 2.39. The van der Waals surface area contributed by atoms with E-state index in [0.717, 1.165) is 31.4 Å². The lowest BCUT2D eigenvalue weighted by molar-refractivity contribution is -0.152. The Morgan fingerprint density at radius 1 is 1.43 bits per heavy atom. The highest BCUT2D eigenvalue weighted by molar-refractivity contribution is 7.99. The molecule has 1 aliphatic carbocycles. The van der Waals surface area contributed by atoms with Crippen LogP contribution >= 0.6 is 11.8 Å². The van der Waals surface area contributed by atoms with Crippen molar-refractivity contribution in [2.45, 2.75) is 43.0 Å². The fourth-order valence-corrected chi connectivity index (χ4v) is 4.25. The van der Waals surface area contributed by atoms with Gasteiger partial charge in [0.05, 0.1) is 6.61 Å². The zero-order chi connectivity index (χ0) is 15.1. The molecule has 1 saturated carbocycles. The third-order valence-electron chi connectivity index (χ3n) is 4.38. The summed E-state index contributed by atoms with van der Waals surface area (Å²) in [4.78, 5) is 13.6. The second-order valence-electron chi connectivity index (χ2n) is 5.48. The number of benzene rings is 1. The van der Waals surface area contributed by atoms with E-state index in [1.165, 1.54) is 4.90 Å². The van der Waals surface area contributed by atoms with E-state index in [2.05, 4.69) is 29.6 Å². The maximum Gasteiger partial charge on any atom is 0.326 e. The van der Waals surface area contributed by atoms with Gasteiger partial charge in [0.25, 0.3) is 0 Å². The molecule has 0 saturated heterocycles. The summed E-state index contributed by atoms with van der Waals surface area (Å²) in [6.45, 7) is 2.32. The van der Waals surface area contributed by atoms with Crippen LogP contribution in [0.5, 0.6) is 0 Å². The average Bonchev–Trinajstić information content (AvgIpc) is 2.93. The van der Waals surface area contributed by atoms with E-state index in [-0.39, 0.29) is 5.97 Å². The summed E-state index contributed by atoms with van der Waals surface area (Å²) >= 11 is 1.86. The van der Waals surface area contributed by atoms with Crippen LogP contribution in [0.3, 0.4) is 0 Å². The molecule has 0 radical (unpaired) electrons. The van der Waals surface area contributed by atoms with Crippen molar-refractivity contribution in [3.63, 3.8) is 0 Å². The topological polar surface area (TPSA) is 38.3 Å². The fraction of sp³-hybridized carbons (Fsp3) is 0.588. The SMILES string of the molecule is CCOC(=O)C1(NC)CCCC1CCSc1ccccc1. The highest BCUT2D eigenvalue weighted by atomic mass is 32.2. The Morgan fingerprint density at radius 2 is 2.19 bits per heavy atom. The molecule has 21 heavy (non-hydrogen) atoms. The first-order chi connectivity index (χ1) is 10.2. The van der Waals surface area contributed by atoms with Crippen LogP contribution in [-0.4, -0.2) is 30.9 Å². The van der Waals surface area contributed by atoms with E-state index in [4.69, 9.17) is 4.74 Å². The number of nitrogens with one attached hydrogen (secondary N) is 1. The lowest BCUT2D eigenvalue weighted by atomic mass is 9.85. The molecule has 3 nitrogen and oxygen atoms in total. The normalized spacial score (nSPS) is 25.0. The molecule has 0 aliphatic heterocycles. The van der Waals surface area contributed by atoms with Gasteiger partial charge in [0.2, 0.25) is 0 Å². The van der Waals surface area contributed by atoms with Gasteiger partial charge in [0, 0.05) is 4.90 Å². The number of carbonyl (C=O) groups excluding carboxylic acids is 1. The molecule has 0 bridgehead atoms. The number of ether oxygens (including phenoxy) is 1. The zero-order valence-electron chi connectivity index (χ0n) is 12.9. The molecule has 1 aromatic carbocycles. The second kappa shape index (κ2) is 7.85. The predicted molar refractivity (Wildman–Crippen MR) is 87.5 cm³/mol. The van der Waals surface area contributed by atoms with Crippen molar-refractivity contribution in [2.24, 2.45) is 5.92 Å². The van der Waals surface area contributed by atoms with Gasteiger partial charge < -0.3 is 10.1 Å². The third kappa shape index (κ3) is 3.80. The summed E-state index contributed by atoms with van der Waals surface area (Å²) in [5, 5.41) is 3.28. The van der Waals surface area contributed by atoms with Crippen molar-refractivity contribution in [1.29, 1.82) is 0 Å². The molecule has 0 heterocycles. The minimum absolute atomic E-state index is 0.0697. The number of esters is 1. The number of hydrogen-bond acceptors (Lipinski definition) is 4. The van der Waals surface area contributed by atoms with E-state index in [9.17, 15) is 4.79 Å². The second-order valence-corrected chi connectivity index (χ2v) is 6.65. The van der Waals surface area contributed by atoms with Crippen LogP contribution in [0.2, 0.25) is 0 Å². The van der Waals surface area contributed by atoms with Gasteiger partial charge >= 0.3 is 5.97 Å². The molecule has 2 rings (SSSR count). The molecule has 0 aromatic heterocycles. The molecule has 2 unspecified atom stereocenters. The monoisotopic (exact) mass is 307 g/mol. The van der Waals surface area contributed by atoms with Crippen molar-refractivity contribution in [3.8, 4) is 0 Å². The van der Waals surface area contributed by atoms with Crippen LogP contribution in [0.1, 0.15) is 32.6 Å². The molecule has 0 spiro atoms. The summed E-state index contributed by atoms with van der Waals surface area (Å²) in [5.41, 5.74) is -0.465. The van der Waals surface area contributed by atoms with Gasteiger partial charge in [0.15, 0.2) is 0 Å². The van der Waals surface area contributed by atoms with E-state index < -0.39 is 5.54 Å². The van der Waals surface area contributed by atoms with Crippen molar-refractivity contribution < 1.29 is 9.53 Å². The standard InChI is InChI=1S/C17H25NO2S/c1-3-20-16(19)17(18-2)12-7-8-14(17)11-13-21-15-9-5-4-6-10-15/h4-6,9-10,14,18H,3,7-8,11-13H2,1-2H3. The van der Waals surface area contributed by atoms with Crippen LogP contribution in [0.15, 0.2) is 35.2 Å². The Kier molecular flexibility index (Phi) is 6.12. The van der Waals surface area contributed by atoms with E-state index >= 15 is 0 Å². The highest BCUT2D eigenvalue weighted by Gasteiger charge is 2.48. The third-order valence-corrected chi connectivity index (χ3v) is 5.43. The summed E-state index contributed by atoms with van der Waals surface area (Å²) in [6, 6.07) is 10.4. The first kappa shape index (κ1) is 16.4. The van der Waals surface area contributed by atoms with Gasteiger partial charge in [-0.05, 0) is 57.0 Å². The molecule has 4 heteroatoms.